The van der Waals surface area contributed by atoms with Crippen LogP contribution < -0.4 is 19.5 Å². The van der Waals surface area contributed by atoms with E-state index in [4.69, 9.17) is 9.47 Å². The molecule has 1 atom stereocenters. The van der Waals surface area contributed by atoms with Crippen molar-refractivity contribution in [2.24, 2.45) is 5.92 Å². The maximum Gasteiger partial charge on any atom is 0.271 e. The summed E-state index contributed by atoms with van der Waals surface area (Å²) in [6, 6.07) is 15.4. The first-order chi connectivity index (χ1) is 15.5. The van der Waals surface area contributed by atoms with Crippen LogP contribution in [0.2, 0.25) is 0 Å². The quantitative estimate of drug-likeness (QED) is 0.540. The average molecular weight is 471 g/mol. The molecule has 3 aromatic rings. The van der Waals surface area contributed by atoms with Crippen LogP contribution in [0.3, 0.4) is 0 Å². The Hall–Kier alpha value is -3.04. The lowest BCUT2D eigenvalue weighted by Crippen LogP contribution is -2.30. The predicted octanol–water partition coefficient (Wildman–Crippen LogP) is 4.20. The van der Waals surface area contributed by atoms with E-state index in [1.807, 2.05) is 18.2 Å². The van der Waals surface area contributed by atoms with Gasteiger partial charge in [0.2, 0.25) is 0 Å². The molecule has 1 amide bonds. The maximum atomic E-state index is 13.1. The molecule has 5 rings (SSSR count). The normalized spacial score (nSPS) is 16.2. The molecule has 2 aliphatic rings. The number of carbonyl (C=O) groups is 1. The second kappa shape index (κ2) is 8.48. The Kier molecular flexibility index (Phi) is 5.52. The molecule has 32 heavy (non-hydrogen) atoms. The lowest BCUT2D eigenvalue weighted by atomic mass is 10.0. The van der Waals surface area contributed by atoms with Gasteiger partial charge < -0.3 is 14.8 Å². The molecule has 1 aliphatic heterocycles. The molecule has 1 fully saturated rings. The van der Waals surface area contributed by atoms with Crippen LogP contribution in [0.25, 0.3) is 0 Å². The zero-order valence-electron chi connectivity index (χ0n) is 17.1. The van der Waals surface area contributed by atoms with Gasteiger partial charge >= 0.3 is 0 Å². The van der Waals surface area contributed by atoms with Gasteiger partial charge in [-0.3, -0.25) is 9.52 Å². The van der Waals surface area contributed by atoms with Crippen LogP contribution in [0.1, 0.15) is 34.8 Å². The second-order valence-corrected chi connectivity index (χ2v) is 10.7. The Bertz CT molecular complexity index is 1240. The Balaban J connectivity index is 1.34. The molecule has 166 valence electrons. The molecule has 1 saturated carbocycles. The first-order valence-electron chi connectivity index (χ1n) is 10.4. The average Bonchev–Trinajstić information content (AvgIpc) is 3.47. The molecule has 0 spiro atoms. The fraction of sp³-hybridized carbons (Fsp3) is 0.261. The van der Waals surface area contributed by atoms with E-state index in [-0.39, 0.29) is 16.2 Å². The van der Waals surface area contributed by atoms with Crippen LogP contribution in [-0.4, -0.2) is 27.5 Å². The molecule has 1 aromatic heterocycles. The van der Waals surface area contributed by atoms with Crippen molar-refractivity contribution in [1.82, 2.24) is 5.32 Å². The number of hydrogen-bond acceptors (Lipinski definition) is 6. The summed E-state index contributed by atoms with van der Waals surface area (Å²) in [4.78, 5) is 13.1. The molecule has 1 aliphatic carbocycles. The van der Waals surface area contributed by atoms with Crippen LogP contribution in [0.4, 0.5) is 5.69 Å². The highest BCUT2D eigenvalue weighted by molar-refractivity contribution is 7.94. The lowest BCUT2D eigenvalue weighted by molar-refractivity contribution is 0.0931. The third-order valence-electron chi connectivity index (χ3n) is 5.44. The summed E-state index contributed by atoms with van der Waals surface area (Å²) in [5, 5.41) is 4.83. The van der Waals surface area contributed by atoms with Crippen molar-refractivity contribution >= 4 is 33.0 Å². The van der Waals surface area contributed by atoms with Crippen molar-refractivity contribution in [1.29, 1.82) is 0 Å². The molecule has 2 heterocycles. The Morgan fingerprint density at radius 1 is 1.00 bits per heavy atom. The summed E-state index contributed by atoms with van der Waals surface area (Å²) in [5.41, 5.74) is 1.70. The lowest BCUT2D eigenvalue weighted by Gasteiger charge is -2.23. The SMILES string of the molecule is O=C(NC(c1ccc2c(c1)OCCO2)C1CC1)c1cccc(NS(=O)(=O)c2cccs2)c1. The summed E-state index contributed by atoms with van der Waals surface area (Å²) in [6.07, 6.45) is 2.08. The fourth-order valence-corrected chi connectivity index (χ4v) is 5.77. The van der Waals surface area contributed by atoms with Crippen molar-refractivity contribution in [2.45, 2.75) is 23.1 Å². The van der Waals surface area contributed by atoms with E-state index in [1.165, 1.54) is 6.07 Å². The van der Waals surface area contributed by atoms with E-state index >= 15 is 0 Å². The number of sulfonamides is 1. The number of thiophene rings is 1. The standard InChI is InChI=1S/C23H22N2O5S2/c26-23(17-3-1-4-18(13-17)25-32(27,28)21-5-2-12-31-21)24-22(15-6-7-15)16-8-9-19-20(14-16)30-11-10-29-19/h1-5,8-9,12-15,22,25H,6-7,10-11H2,(H,24,26). The van der Waals surface area contributed by atoms with Crippen molar-refractivity contribution < 1.29 is 22.7 Å². The van der Waals surface area contributed by atoms with Crippen molar-refractivity contribution in [3.63, 3.8) is 0 Å². The first kappa shape index (κ1) is 20.8. The molecule has 2 N–H and O–H groups in total. The van der Waals surface area contributed by atoms with Gasteiger partial charge in [-0.25, -0.2) is 8.42 Å². The van der Waals surface area contributed by atoms with Gasteiger partial charge in [0.15, 0.2) is 11.5 Å². The second-order valence-electron chi connectivity index (χ2n) is 7.81. The third kappa shape index (κ3) is 4.44. The smallest absolute Gasteiger partial charge is 0.271 e. The number of amides is 1. The van der Waals surface area contributed by atoms with E-state index in [0.717, 1.165) is 29.7 Å². The van der Waals surface area contributed by atoms with Crippen molar-refractivity contribution in [3.05, 3.63) is 71.1 Å². The van der Waals surface area contributed by atoms with Crippen LogP contribution in [0.15, 0.2) is 64.2 Å². The van der Waals surface area contributed by atoms with Crippen LogP contribution in [0.5, 0.6) is 11.5 Å². The van der Waals surface area contributed by atoms with Crippen LogP contribution in [-0.2, 0) is 10.0 Å². The summed E-state index contributed by atoms with van der Waals surface area (Å²) in [6.45, 7) is 1.03. The number of rotatable bonds is 7. The van der Waals surface area contributed by atoms with Gasteiger partial charge in [0.1, 0.15) is 17.4 Å². The highest BCUT2D eigenvalue weighted by Crippen LogP contribution is 2.43. The van der Waals surface area contributed by atoms with Gasteiger partial charge in [0.05, 0.1) is 6.04 Å². The molecular weight excluding hydrogens is 448 g/mol. The molecule has 0 bridgehead atoms. The maximum absolute atomic E-state index is 13.1. The van der Waals surface area contributed by atoms with Crippen molar-refractivity contribution in [3.8, 4) is 11.5 Å². The van der Waals surface area contributed by atoms with Gasteiger partial charge in [-0.05, 0) is 66.1 Å². The Morgan fingerprint density at radius 3 is 2.56 bits per heavy atom. The number of nitrogens with one attached hydrogen (secondary N) is 2. The third-order valence-corrected chi connectivity index (χ3v) is 8.22. The van der Waals surface area contributed by atoms with Gasteiger partial charge in [0, 0.05) is 11.3 Å². The monoisotopic (exact) mass is 470 g/mol. The molecule has 2 aromatic carbocycles. The fourth-order valence-electron chi connectivity index (χ4n) is 3.73. The van der Waals surface area contributed by atoms with Crippen LogP contribution >= 0.6 is 11.3 Å². The number of benzene rings is 2. The van der Waals surface area contributed by atoms with E-state index in [0.29, 0.717) is 41.9 Å². The number of carbonyl (C=O) groups excluding carboxylic acids is 1. The summed E-state index contributed by atoms with van der Waals surface area (Å²) in [5.74, 6) is 1.52. The minimum atomic E-state index is -3.68. The highest BCUT2D eigenvalue weighted by Gasteiger charge is 2.34. The van der Waals surface area contributed by atoms with E-state index in [9.17, 15) is 13.2 Å². The predicted molar refractivity (Wildman–Crippen MR) is 122 cm³/mol. The topological polar surface area (TPSA) is 93.7 Å². The molecule has 9 heteroatoms. The number of ether oxygens (including phenoxy) is 2. The number of anilines is 1. The molecule has 7 nitrogen and oxygen atoms in total. The molecule has 1 unspecified atom stereocenters. The van der Waals surface area contributed by atoms with Crippen molar-refractivity contribution in [2.75, 3.05) is 17.9 Å². The minimum absolute atomic E-state index is 0.148. The zero-order valence-corrected chi connectivity index (χ0v) is 18.7. The Labute approximate surface area is 190 Å². The van der Waals surface area contributed by atoms with E-state index < -0.39 is 10.0 Å². The zero-order chi connectivity index (χ0) is 22.1. The van der Waals surface area contributed by atoms with Gasteiger partial charge in [-0.2, -0.15) is 0 Å². The molecular formula is C23H22N2O5S2. The number of hydrogen-bond donors (Lipinski definition) is 2. The number of fused-ring (bicyclic) bond motifs is 1. The first-order valence-corrected chi connectivity index (χ1v) is 12.7. The van der Waals surface area contributed by atoms with E-state index in [2.05, 4.69) is 10.0 Å². The van der Waals surface area contributed by atoms with Gasteiger partial charge in [-0.15, -0.1) is 11.3 Å². The highest BCUT2D eigenvalue weighted by atomic mass is 32.2. The minimum Gasteiger partial charge on any atom is -0.486 e. The van der Waals surface area contributed by atoms with E-state index in [1.54, 1.807) is 35.7 Å². The van der Waals surface area contributed by atoms with Crippen LogP contribution in [0, 0.1) is 5.92 Å². The van der Waals surface area contributed by atoms with Gasteiger partial charge in [0.25, 0.3) is 15.9 Å². The summed E-state index contributed by atoms with van der Waals surface area (Å²) >= 11 is 1.14. The summed E-state index contributed by atoms with van der Waals surface area (Å²) in [7, 11) is -3.68. The Morgan fingerprint density at radius 2 is 1.81 bits per heavy atom. The molecule has 0 saturated heterocycles. The molecule has 0 radical (unpaired) electrons. The largest absolute Gasteiger partial charge is 0.486 e. The van der Waals surface area contributed by atoms with Gasteiger partial charge in [-0.1, -0.05) is 18.2 Å². The summed E-state index contributed by atoms with van der Waals surface area (Å²) < 4.78 is 39.1.